The lowest BCUT2D eigenvalue weighted by molar-refractivity contribution is -0.138. The van der Waals surface area contributed by atoms with E-state index in [2.05, 4.69) is 0 Å². The van der Waals surface area contributed by atoms with E-state index in [1.54, 1.807) is 6.92 Å². The Morgan fingerprint density at radius 1 is 0.407 bits per heavy atom. The normalized spacial score (nSPS) is 12.8. The van der Waals surface area contributed by atoms with E-state index in [-0.39, 0.29) is 71.7 Å². The molecule has 0 fully saturated rings. The van der Waals surface area contributed by atoms with E-state index in [0.29, 0.717) is 35.4 Å². The van der Waals surface area contributed by atoms with Crippen LogP contribution >= 0.6 is 0 Å². The number of hydrogen-bond donors (Lipinski definition) is 0. The van der Waals surface area contributed by atoms with Gasteiger partial charge in [-0.1, -0.05) is 6.07 Å². The summed E-state index contributed by atoms with van der Waals surface area (Å²) in [5, 5.41) is 19.1. The van der Waals surface area contributed by atoms with Gasteiger partial charge in [-0.25, -0.2) is 0 Å². The molecule has 8 aromatic rings. The number of halogens is 12. The van der Waals surface area contributed by atoms with Gasteiger partial charge in [-0.15, -0.1) is 0 Å². The number of nitrogens with zero attached hydrogens (tertiary/aromatic N) is 4. The number of aryl methyl sites for hydroxylation is 1. The van der Waals surface area contributed by atoms with Crippen molar-refractivity contribution in [1.29, 1.82) is 10.5 Å². The topological polar surface area (TPSA) is 57.4 Å². The monoisotopic (exact) mass is 820 g/mol. The second kappa shape index (κ2) is 13.0. The number of rotatable bonds is 3. The van der Waals surface area contributed by atoms with Crippen LogP contribution in [-0.2, 0) is 24.7 Å². The van der Waals surface area contributed by atoms with E-state index in [1.165, 1.54) is 39.5 Å². The quantitative estimate of drug-likeness (QED) is 0.167. The summed E-state index contributed by atoms with van der Waals surface area (Å²) in [4.78, 5) is 0. The lowest BCUT2D eigenvalue weighted by Crippen LogP contribution is -2.07. The average molecular weight is 821 g/mol. The van der Waals surface area contributed by atoms with Crippen LogP contribution in [0.3, 0.4) is 0 Å². The second-order valence-corrected chi connectivity index (χ2v) is 13.7. The van der Waals surface area contributed by atoms with Gasteiger partial charge in [0.1, 0.15) is 0 Å². The summed E-state index contributed by atoms with van der Waals surface area (Å²) in [6, 6.07) is 20.9. The summed E-state index contributed by atoms with van der Waals surface area (Å²) >= 11 is 0. The van der Waals surface area contributed by atoms with Crippen LogP contribution in [0.25, 0.3) is 66.1 Å². The summed E-state index contributed by atoms with van der Waals surface area (Å²) in [7, 11) is 0. The Labute approximate surface area is 323 Å². The van der Waals surface area contributed by atoms with Gasteiger partial charge in [0.15, 0.2) is 0 Å². The van der Waals surface area contributed by atoms with Crippen LogP contribution in [0.15, 0.2) is 103 Å². The van der Waals surface area contributed by atoms with Crippen molar-refractivity contribution < 1.29 is 52.7 Å². The van der Waals surface area contributed by atoms with Crippen LogP contribution < -0.4 is 0 Å². The van der Waals surface area contributed by atoms with E-state index >= 15 is 0 Å². The lowest BCUT2D eigenvalue weighted by atomic mass is 9.93. The number of alkyl halides is 12. The van der Waals surface area contributed by atoms with Gasteiger partial charge in [-0.3, -0.25) is 0 Å². The van der Waals surface area contributed by atoms with Crippen LogP contribution in [0.4, 0.5) is 52.7 Å². The molecule has 0 atom stereocenters. The number of hydrogen-bond acceptors (Lipinski definition) is 2. The van der Waals surface area contributed by atoms with Crippen molar-refractivity contribution in [2.24, 2.45) is 0 Å². The maximum absolute atomic E-state index is 14.1. The molecule has 6 aromatic carbocycles. The van der Waals surface area contributed by atoms with E-state index < -0.39 is 47.0 Å². The minimum Gasteiger partial charge on any atom is -0.308 e. The fourth-order valence-corrected chi connectivity index (χ4v) is 7.59. The predicted octanol–water partition coefficient (Wildman–Crippen LogP) is 13.7. The molecule has 0 spiro atoms. The molecule has 8 rings (SSSR count). The number of nitriles is 2. The van der Waals surface area contributed by atoms with Crippen LogP contribution in [-0.4, -0.2) is 9.13 Å². The molecule has 0 amide bonds. The van der Waals surface area contributed by atoms with Crippen molar-refractivity contribution in [2.75, 3.05) is 0 Å². The van der Waals surface area contributed by atoms with E-state index in [4.69, 9.17) is 0 Å². The summed E-state index contributed by atoms with van der Waals surface area (Å²) < 4.78 is 172. The third-order valence-electron chi connectivity index (χ3n) is 10.2. The highest BCUT2D eigenvalue weighted by Gasteiger charge is 2.36. The molecular formula is C43H20F12N4. The highest BCUT2D eigenvalue weighted by Crippen LogP contribution is 2.47. The third-order valence-corrected chi connectivity index (χ3v) is 10.2. The van der Waals surface area contributed by atoms with Crippen molar-refractivity contribution in [3.8, 4) is 34.6 Å². The molecule has 2 heterocycles. The van der Waals surface area contributed by atoms with Gasteiger partial charge in [0.05, 0.1) is 79.0 Å². The van der Waals surface area contributed by atoms with Crippen molar-refractivity contribution >= 4 is 43.6 Å². The molecule has 0 bridgehead atoms. The van der Waals surface area contributed by atoms with Gasteiger partial charge < -0.3 is 9.13 Å². The van der Waals surface area contributed by atoms with E-state index in [0.717, 1.165) is 48.5 Å². The molecule has 0 N–H and O–H groups in total. The van der Waals surface area contributed by atoms with Crippen molar-refractivity contribution in [3.05, 3.63) is 142 Å². The highest BCUT2D eigenvalue weighted by molar-refractivity contribution is 6.12. The Balaban J connectivity index is 1.59. The maximum Gasteiger partial charge on any atom is 0.416 e. The SMILES string of the molecule is Cc1cc(C#N)ccc1-c1c(-n2c3ccc(C(F)(F)F)cc3c3cc(C(F)(F)F)ccc32)cc(C#N)cc1-n1c2ccc(C(F)(F)F)cc2c2cc(C(F)(F)F)ccc21. The van der Waals surface area contributed by atoms with Crippen molar-refractivity contribution in [3.63, 3.8) is 0 Å². The zero-order valence-corrected chi connectivity index (χ0v) is 29.6. The molecule has 296 valence electrons. The van der Waals surface area contributed by atoms with Gasteiger partial charge in [0.25, 0.3) is 0 Å². The molecule has 4 nitrogen and oxygen atoms in total. The number of benzene rings is 6. The minimum absolute atomic E-state index is 0.000184. The van der Waals surface area contributed by atoms with Crippen LogP contribution in [0, 0.1) is 29.6 Å². The third kappa shape index (κ3) is 6.45. The average Bonchev–Trinajstić information content (AvgIpc) is 3.67. The summed E-state index contributed by atoms with van der Waals surface area (Å²) in [6.07, 6.45) is -19.6. The van der Waals surface area contributed by atoms with Gasteiger partial charge in [0, 0.05) is 27.1 Å². The first-order valence-electron chi connectivity index (χ1n) is 17.2. The zero-order valence-electron chi connectivity index (χ0n) is 29.6. The zero-order chi connectivity index (χ0) is 42.6. The van der Waals surface area contributed by atoms with Gasteiger partial charge in [-0.05, 0) is 115 Å². The van der Waals surface area contributed by atoms with Crippen molar-refractivity contribution in [1.82, 2.24) is 9.13 Å². The molecule has 2 aromatic heterocycles. The number of aromatic nitrogens is 2. The molecule has 0 aliphatic carbocycles. The van der Waals surface area contributed by atoms with Gasteiger partial charge >= 0.3 is 24.7 Å². The lowest BCUT2D eigenvalue weighted by Gasteiger charge is -2.22. The first-order chi connectivity index (χ1) is 27.6. The number of fused-ring (bicyclic) bond motifs is 6. The summed E-state index contributed by atoms with van der Waals surface area (Å²) in [6.45, 7) is 1.59. The largest absolute Gasteiger partial charge is 0.416 e. The molecule has 0 saturated carbocycles. The highest BCUT2D eigenvalue weighted by atomic mass is 19.4. The smallest absolute Gasteiger partial charge is 0.308 e. The first-order valence-corrected chi connectivity index (χ1v) is 17.2. The van der Waals surface area contributed by atoms with Crippen LogP contribution in [0.1, 0.15) is 38.9 Å². The fraction of sp³-hybridized carbons (Fsp3) is 0.116. The minimum atomic E-state index is -4.91. The maximum atomic E-state index is 14.1. The Morgan fingerprint density at radius 3 is 1.00 bits per heavy atom. The molecule has 59 heavy (non-hydrogen) atoms. The molecule has 16 heteroatoms. The van der Waals surface area contributed by atoms with Crippen molar-refractivity contribution in [2.45, 2.75) is 31.6 Å². The van der Waals surface area contributed by atoms with E-state index in [9.17, 15) is 63.2 Å². The van der Waals surface area contributed by atoms with E-state index in [1.807, 2.05) is 12.1 Å². The fourth-order valence-electron chi connectivity index (χ4n) is 7.59. The predicted molar refractivity (Wildman–Crippen MR) is 195 cm³/mol. The molecule has 0 radical (unpaired) electrons. The first kappa shape index (κ1) is 38.9. The Kier molecular flexibility index (Phi) is 8.60. The second-order valence-electron chi connectivity index (χ2n) is 13.7. The molecule has 0 aliphatic heterocycles. The summed E-state index contributed by atoms with van der Waals surface area (Å²) in [5.41, 5.74) is -3.96. The van der Waals surface area contributed by atoms with Gasteiger partial charge in [-0.2, -0.15) is 63.2 Å². The Bertz CT molecular complexity index is 2830. The molecule has 0 saturated heterocycles. The molecule has 0 aliphatic rings. The Hall–Kier alpha value is -6.94. The Morgan fingerprint density at radius 2 is 0.729 bits per heavy atom. The standard InChI is InChI=1S/C43H20F12N4/c1-21-12-22(19-56)2-7-28(21)39-37(58-33-8-3-24(40(44,45)46)15-29(33)30-16-25(41(47,48)49)4-9-34(30)58)13-23(20-57)14-38(39)59-35-10-5-26(42(50,51)52)17-31(35)32-18-27(43(53,54)55)6-11-36(32)59/h2-18H,1H3. The molecule has 0 unspecified atom stereocenters. The van der Waals surface area contributed by atoms with Crippen LogP contribution in [0.5, 0.6) is 0 Å². The summed E-state index contributed by atoms with van der Waals surface area (Å²) in [5.74, 6) is 0. The molecular weight excluding hydrogens is 800 g/mol. The van der Waals surface area contributed by atoms with Gasteiger partial charge in [0.2, 0.25) is 0 Å². The van der Waals surface area contributed by atoms with Crippen LogP contribution in [0.2, 0.25) is 0 Å².